The van der Waals surface area contributed by atoms with Gasteiger partial charge in [-0.15, -0.1) is 25.3 Å². The average Bonchev–Trinajstić information content (AvgIpc) is 2.53. The van der Waals surface area contributed by atoms with E-state index in [2.05, 4.69) is 60.5 Å². The maximum Gasteiger partial charge on any atom is 0.0892 e. The summed E-state index contributed by atoms with van der Waals surface area (Å²) in [5.74, 6) is 0. The lowest BCUT2D eigenvalue weighted by Crippen LogP contribution is -1.90. The Morgan fingerprint density at radius 2 is 1.20 bits per heavy atom. The zero-order valence-corrected chi connectivity index (χ0v) is 13.9. The van der Waals surface area contributed by atoms with E-state index in [1.165, 1.54) is 0 Å². The molecule has 0 fully saturated rings. The fourth-order valence-electron chi connectivity index (χ4n) is 1.61. The Balaban J connectivity index is 2.47. The van der Waals surface area contributed by atoms with Crippen molar-refractivity contribution in [3.63, 3.8) is 0 Å². The van der Waals surface area contributed by atoms with Crippen molar-refractivity contribution in [1.29, 1.82) is 0 Å². The van der Waals surface area contributed by atoms with Crippen molar-refractivity contribution in [1.82, 2.24) is 9.97 Å². The summed E-state index contributed by atoms with van der Waals surface area (Å²) in [6.07, 6.45) is 3.45. The van der Waals surface area contributed by atoms with Crippen molar-refractivity contribution >= 4 is 60.3 Å². The third-order valence-electron chi connectivity index (χ3n) is 2.62. The predicted octanol–water partition coefficient (Wildman–Crippen LogP) is 4.46. The van der Waals surface area contributed by atoms with E-state index in [1.807, 2.05) is 24.3 Å². The summed E-state index contributed by atoms with van der Waals surface area (Å²) >= 11 is 16.9. The number of hydrogen-bond donors (Lipinski definition) is 4. The van der Waals surface area contributed by atoms with Crippen LogP contribution in [0.2, 0.25) is 0 Å². The van der Waals surface area contributed by atoms with E-state index in [9.17, 15) is 0 Å². The molecule has 0 unspecified atom stereocenters. The van der Waals surface area contributed by atoms with Crippen LogP contribution in [0.15, 0.2) is 47.5 Å². The van der Waals surface area contributed by atoms with Crippen molar-refractivity contribution in [2.24, 2.45) is 0 Å². The summed E-state index contributed by atoms with van der Waals surface area (Å²) < 4.78 is 0. The van der Waals surface area contributed by atoms with Crippen molar-refractivity contribution in [3.8, 4) is 11.4 Å². The first kappa shape index (κ1) is 15.6. The molecule has 2 heterocycles. The first-order valence-electron chi connectivity index (χ1n) is 5.65. The minimum atomic E-state index is 0.770. The minimum Gasteiger partial charge on any atom is -0.255 e. The van der Waals surface area contributed by atoms with Crippen LogP contribution >= 0.6 is 50.5 Å². The molecule has 0 saturated heterocycles. The van der Waals surface area contributed by atoms with Crippen LogP contribution in [-0.4, -0.2) is 9.97 Å². The summed E-state index contributed by atoms with van der Waals surface area (Å²) in [6.45, 7) is 0. The first-order chi connectivity index (χ1) is 9.65. The van der Waals surface area contributed by atoms with E-state index in [0.29, 0.717) is 0 Å². The fraction of sp³-hybridized carbons (Fsp3) is 0. The smallest absolute Gasteiger partial charge is 0.0892 e. The van der Waals surface area contributed by atoms with Gasteiger partial charge in [0, 0.05) is 22.2 Å². The van der Waals surface area contributed by atoms with Crippen molar-refractivity contribution in [2.75, 3.05) is 0 Å². The molecule has 2 aromatic heterocycles. The maximum absolute atomic E-state index is 4.35. The highest BCUT2D eigenvalue weighted by molar-refractivity contribution is 7.93. The van der Waals surface area contributed by atoms with Crippen molar-refractivity contribution in [3.05, 3.63) is 58.6 Å². The normalized spacial score (nSPS) is 12.6. The number of nitrogens with zero attached hydrogens (tertiary/aromatic N) is 2. The first-order valence-corrected chi connectivity index (χ1v) is 7.58. The molecule has 0 aliphatic carbocycles. The van der Waals surface area contributed by atoms with Gasteiger partial charge >= 0.3 is 0 Å². The van der Waals surface area contributed by atoms with E-state index in [-0.39, 0.29) is 0 Å². The molecular formula is C14H12N2S4. The maximum atomic E-state index is 4.35. The summed E-state index contributed by atoms with van der Waals surface area (Å²) in [4.78, 5) is 10.2. The van der Waals surface area contributed by atoms with Gasteiger partial charge in [-0.05, 0) is 46.2 Å². The molecule has 0 spiro atoms. The molecule has 2 nitrogen and oxygen atoms in total. The molecule has 20 heavy (non-hydrogen) atoms. The van der Waals surface area contributed by atoms with E-state index in [0.717, 1.165) is 32.3 Å². The Kier molecular flexibility index (Phi) is 5.65. The highest BCUT2D eigenvalue weighted by atomic mass is 32.1. The molecule has 0 saturated carbocycles. The van der Waals surface area contributed by atoms with E-state index in [1.54, 1.807) is 23.2 Å². The summed E-state index contributed by atoms with van der Waals surface area (Å²) in [5, 5.41) is 3.28. The molecule has 0 radical (unpaired) electrons. The Hall–Kier alpha value is -0.820. The van der Waals surface area contributed by atoms with Gasteiger partial charge in [0.2, 0.25) is 0 Å². The van der Waals surface area contributed by atoms with Gasteiger partial charge < -0.3 is 0 Å². The van der Waals surface area contributed by atoms with Gasteiger partial charge in [-0.3, -0.25) is 9.97 Å². The van der Waals surface area contributed by atoms with Gasteiger partial charge in [0.25, 0.3) is 0 Å². The highest BCUT2D eigenvalue weighted by Gasteiger charge is 2.06. The van der Waals surface area contributed by atoms with Crippen LogP contribution in [0, 0.1) is 0 Å². The minimum absolute atomic E-state index is 0.770. The largest absolute Gasteiger partial charge is 0.255 e. The van der Waals surface area contributed by atoms with Crippen LogP contribution in [-0.2, 0) is 0 Å². The van der Waals surface area contributed by atoms with E-state index >= 15 is 0 Å². The van der Waals surface area contributed by atoms with Gasteiger partial charge in [0.1, 0.15) is 0 Å². The van der Waals surface area contributed by atoms with Crippen LogP contribution in [0.3, 0.4) is 0 Å². The zero-order chi connectivity index (χ0) is 14.5. The molecule has 102 valence electrons. The number of thiol groups is 4. The highest BCUT2D eigenvalue weighted by Crippen LogP contribution is 2.26. The van der Waals surface area contributed by atoms with E-state index in [4.69, 9.17) is 0 Å². The van der Waals surface area contributed by atoms with Crippen LogP contribution in [0.25, 0.3) is 21.2 Å². The van der Waals surface area contributed by atoms with Crippen molar-refractivity contribution < 1.29 is 0 Å². The Morgan fingerprint density at radius 1 is 0.800 bits per heavy atom. The summed E-state index contributed by atoms with van der Waals surface area (Å²) in [6, 6.07) is 7.59. The second kappa shape index (κ2) is 7.26. The fourth-order valence-corrected chi connectivity index (χ4v) is 2.19. The van der Waals surface area contributed by atoms with Gasteiger partial charge in [-0.1, -0.05) is 0 Å². The molecule has 2 rings (SSSR count). The Labute approximate surface area is 140 Å². The number of hydrogen-bond acceptors (Lipinski definition) is 6. The molecule has 6 heteroatoms. The quantitative estimate of drug-likeness (QED) is 0.623. The van der Waals surface area contributed by atoms with Crippen LogP contribution in [0.1, 0.15) is 11.1 Å². The molecule has 0 aromatic carbocycles. The molecule has 0 atom stereocenters. The standard InChI is InChI=1S/C14H12N2S4/c17-7-13(19)9-1-3-15-11(5-9)12-6-10(2-4-16-12)14(20)8-18/h1-8,17-20H/b13-7-,14-8-. The van der Waals surface area contributed by atoms with Gasteiger partial charge in [-0.25, -0.2) is 0 Å². The molecule has 0 aliphatic heterocycles. The van der Waals surface area contributed by atoms with Crippen molar-refractivity contribution in [2.45, 2.75) is 0 Å². The van der Waals surface area contributed by atoms with Crippen LogP contribution in [0.4, 0.5) is 0 Å². The molecule has 0 amide bonds. The molecular weight excluding hydrogens is 324 g/mol. The van der Waals surface area contributed by atoms with E-state index < -0.39 is 0 Å². The van der Waals surface area contributed by atoms with Gasteiger partial charge in [0.15, 0.2) is 0 Å². The average molecular weight is 337 g/mol. The third kappa shape index (κ3) is 3.63. The number of pyridine rings is 2. The summed E-state index contributed by atoms with van der Waals surface area (Å²) in [7, 11) is 0. The predicted molar refractivity (Wildman–Crippen MR) is 99.4 cm³/mol. The summed E-state index contributed by atoms with van der Waals surface area (Å²) in [5.41, 5.74) is 3.42. The monoisotopic (exact) mass is 336 g/mol. The van der Waals surface area contributed by atoms with Gasteiger partial charge in [0.05, 0.1) is 11.4 Å². The Morgan fingerprint density at radius 3 is 1.55 bits per heavy atom. The lowest BCUT2D eigenvalue weighted by Gasteiger charge is -2.06. The second-order valence-corrected chi connectivity index (χ2v) is 5.37. The number of aromatic nitrogens is 2. The molecule has 0 bridgehead atoms. The SMILES string of the molecule is S/C=C(\S)c1ccnc(-c2cc(/C(S)=C/S)ccn2)c1. The third-order valence-corrected chi connectivity index (χ3v) is 4.32. The number of rotatable bonds is 3. The molecule has 2 aromatic rings. The van der Waals surface area contributed by atoms with Crippen LogP contribution in [0.5, 0.6) is 0 Å². The second-order valence-electron chi connectivity index (χ2n) is 3.89. The van der Waals surface area contributed by atoms with Crippen LogP contribution < -0.4 is 0 Å². The molecule has 0 N–H and O–H groups in total. The zero-order valence-electron chi connectivity index (χ0n) is 10.3. The van der Waals surface area contributed by atoms with Gasteiger partial charge in [-0.2, -0.15) is 25.3 Å². The lowest BCUT2D eigenvalue weighted by molar-refractivity contribution is 1.24. The lowest BCUT2D eigenvalue weighted by atomic mass is 10.1. The Bertz CT molecular complexity index is 621. The molecule has 0 aliphatic rings. The topological polar surface area (TPSA) is 25.8 Å².